The van der Waals surface area contributed by atoms with E-state index in [1.807, 2.05) is 0 Å². The van der Waals surface area contributed by atoms with Crippen LogP contribution in [0.25, 0.3) is 0 Å². The number of hydrogen-bond donors (Lipinski definition) is 1. The summed E-state index contributed by atoms with van der Waals surface area (Å²) >= 11 is 15.1. The fourth-order valence-corrected chi connectivity index (χ4v) is 2.03. The number of halogens is 3. The number of ether oxygens (including phenoxy) is 1. The number of alkyl halides is 1. The summed E-state index contributed by atoms with van der Waals surface area (Å²) in [5.74, 6) is -0.252. The molecule has 0 saturated heterocycles. The van der Waals surface area contributed by atoms with Crippen molar-refractivity contribution in [2.45, 2.75) is 4.83 Å². The van der Waals surface area contributed by atoms with Crippen LogP contribution in [0.1, 0.15) is 10.4 Å². The van der Waals surface area contributed by atoms with Crippen molar-refractivity contribution in [3.05, 3.63) is 33.8 Å². The average molecular weight is 341 g/mol. The molecular formula is C11H12BrCl2NO2. The van der Waals surface area contributed by atoms with E-state index in [2.05, 4.69) is 21.2 Å². The predicted molar refractivity (Wildman–Crippen MR) is 73.4 cm³/mol. The van der Waals surface area contributed by atoms with Gasteiger partial charge in [-0.3, -0.25) is 4.79 Å². The first-order valence-electron chi connectivity index (χ1n) is 4.91. The minimum Gasteiger partial charge on any atom is -0.383 e. The van der Waals surface area contributed by atoms with Gasteiger partial charge in [0.05, 0.1) is 27.0 Å². The lowest BCUT2D eigenvalue weighted by Gasteiger charge is -2.11. The maximum Gasteiger partial charge on any atom is 0.252 e. The SMILES string of the molecule is COCC(Br)CNC(=O)c1cccc(Cl)c1Cl. The van der Waals surface area contributed by atoms with E-state index in [0.29, 0.717) is 23.7 Å². The number of hydrogen-bond acceptors (Lipinski definition) is 2. The summed E-state index contributed by atoms with van der Waals surface area (Å²) in [5, 5.41) is 3.38. The fraction of sp³-hybridized carbons (Fsp3) is 0.364. The van der Waals surface area contributed by atoms with Crippen LogP contribution in [-0.2, 0) is 4.74 Å². The van der Waals surface area contributed by atoms with Gasteiger partial charge in [0.15, 0.2) is 0 Å². The lowest BCUT2D eigenvalue weighted by molar-refractivity contribution is 0.0950. The molecule has 1 N–H and O–H groups in total. The fourth-order valence-electron chi connectivity index (χ4n) is 1.22. The zero-order chi connectivity index (χ0) is 12.8. The van der Waals surface area contributed by atoms with Crippen LogP contribution >= 0.6 is 39.1 Å². The molecule has 0 spiro atoms. The molecule has 6 heteroatoms. The molecule has 17 heavy (non-hydrogen) atoms. The highest BCUT2D eigenvalue weighted by molar-refractivity contribution is 9.09. The van der Waals surface area contributed by atoms with Crippen molar-refractivity contribution in [1.82, 2.24) is 5.32 Å². The number of carbonyl (C=O) groups excluding carboxylic acids is 1. The normalized spacial score (nSPS) is 12.2. The standard InChI is InChI=1S/C11H12BrCl2NO2/c1-17-6-7(12)5-15-11(16)8-3-2-4-9(13)10(8)14/h2-4,7H,5-6H2,1H3,(H,15,16). The lowest BCUT2D eigenvalue weighted by Crippen LogP contribution is -2.31. The molecule has 0 aliphatic rings. The number of benzene rings is 1. The van der Waals surface area contributed by atoms with Crippen molar-refractivity contribution in [3.8, 4) is 0 Å². The van der Waals surface area contributed by atoms with E-state index in [4.69, 9.17) is 27.9 Å². The van der Waals surface area contributed by atoms with E-state index in [1.54, 1.807) is 25.3 Å². The highest BCUT2D eigenvalue weighted by atomic mass is 79.9. The second-order valence-corrected chi connectivity index (χ2v) is 5.44. The summed E-state index contributed by atoms with van der Waals surface area (Å²) in [6.45, 7) is 0.971. The Labute approximate surface area is 119 Å². The second-order valence-electron chi connectivity index (χ2n) is 3.36. The van der Waals surface area contributed by atoms with Crippen LogP contribution in [0.15, 0.2) is 18.2 Å². The zero-order valence-electron chi connectivity index (χ0n) is 9.17. The maximum absolute atomic E-state index is 11.8. The summed E-state index contributed by atoms with van der Waals surface area (Å²) in [6, 6.07) is 4.95. The van der Waals surface area contributed by atoms with E-state index in [-0.39, 0.29) is 15.8 Å². The number of amides is 1. The van der Waals surface area contributed by atoms with Crippen molar-refractivity contribution in [2.24, 2.45) is 0 Å². The zero-order valence-corrected chi connectivity index (χ0v) is 12.3. The van der Waals surface area contributed by atoms with Gasteiger partial charge >= 0.3 is 0 Å². The van der Waals surface area contributed by atoms with Crippen molar-refractivity contribution in [1.29, 1.82) is 0 Å². The highest BCUT2D eigenvalue weighted by Gasteiger charge is 2.13. The van der Waals surface area contributed by atoms with Crippen LogP contribution in [0.5, 0.6) is 0 Å². The molecule has 0 aliphatic heterocycles. The molecule has 1 atom stereocenters. The molecule has 1 aromatic carbocycles. The maximum atomic E-state index is 11.8. The first-order valence-corrected chi connectivity index (χ1v) is 6.58. The summed E-state index contributed by atoms with van der Waals surface area (Å²) in [5.41, 5.74) is 0.372. The third-order valence-electron chi connectivity index (χ3n) is 2.03. The number of methoxy groups -OCH3 is 1. The molecular weight excluding hydrogens is 329 g/mol. The Bertz CT molecular complexity index is 401. The van der Waals surface area contributed by atoms with Crippen LogP contribution < -0.4 is 5.32 Å². The second kappa shape index (κ2) is 7.21. The van der Waals surface area contributed by atoms with Crippen LogP contribution in [-0.4, -0.2) is 31.0 Å². The molecule has 0 aromatic heterocycles. The van der Waals surface area contributed by atoms with Gasteiger partial charge in [-0.1, -0.05) is 45.2 Å². The Kier molecular flexibility index (Phi) is 6.27. The molecule has 0 radical (unpaired) electrons. The minimum atomic E-state index is -0.252. The van der Waals surface area contributed by atoms with E-state index >= 15 is 0 Å². The van der Waals surface area contributed by atoms with Gasteiger partial charge in [0.2, 0.25) is 0 Å². The Morgan fingerprint density at radius 1 is 1.53 bits per heavy atom. The summed E-state index contributed by atoms with van der Waals surface area (Å²) < 4.78 is 4.94. The first kappa shape index (κ1) is 14.8. The highest BCUT2D eigenvalue weighted by Crippen LogP contribution is 2.25. The van der Waals surface area contributed by atoms with E-state index in [0.717, 1.165) is 0 Å². The van der Waals surface area contributed by atoms with Crippen LogP contribution in [0, 0.1) is 0 Å². The molecule has 0 saturated carbocycles. The molecule has 1 aromatic rings. The summed E-state index contributed by atoms with van der Waals surface area (Å²) in [6.07, 6.45) is 0. The molecule has 1 rings (SSSR count). The van der Waals surface area contributed by atoms with E-state index in [1.165, 1.54) is 0 Å². The minimum absolute atomic E-state index is 0.0643. The monoisotopic (exact) mass is 339 g/mol. The largest absolute Gasteiger partial charge is 0.383 e. The quantitative estimate of drug-likeness (QED) is 0.836. The molecule has 3 nitrogen and oxygen atoms in total. The van der Waals surface area contributed by atoms with Gasteiger partial charge < -0.3 is 10.1 Å². The van der Waals surface area contributed by atoms with Gasteiger partial charge in [0, 0.05) is 13.7 Å². The number of carbonyl (C=O) groups is 1. The van der Waals surface area contributed by atoms with Gasteiger partial charge in [-0.25, -0.2) is 0 Å². The molecule has 1 amide bonds. The van der Waals surface area contributed by atoms with Gasteiger partial charge in [0.25, 0.3) is 5.91 Å². The molecule has 0 bridgehead atoms. The van der Waals surface area contributed by atoms with Gasteiger partial charge in [-0.05, 0) is 12.1 Å². The van der Waals surface area contributed by atoms with Crippen molar-refractivity contribution >= 4 is 45.0 Å². The average Bonchev–Trinajstić information content (AvgIpc) is 2.30. The summed E-state index contributed by atoms with van der Waals surface area (Å²) in [7, 11) is 1.60. The number of rotatable bonds is 5. The summed E-state index contributed by atoms with van der Waals surface area (Å²) in [4.78, 5) is 11.9. The molecule has 0 fully saturated rings. The molecule has 0 heterocycles. The number of nitrogens with one attached hydrogen (secondary N) is 1. The first-order chi connectivity index (χ1) is 8.06. The van der Waals surface area contributed by atoms with Gasteiger partial charge in [-0.15, -0.1) is 0 Å². The molecule has 94 valence electrons. The smallest absolute Gasteiger partial charge is 0.252 e. The lowest BCUT2D eigenvalue weighted by atomic mass is 10.2. The Balaban J connectivity index is 2.61. The van der Waals surface area contributed by atoms with Crippen molar-refractivity contribution in [3.63, 3.8) is 0 Å². The van der Waals surface area contributed by atoms with Crippen molar-refractivity contribution in [2.75, 3.05) is 20.3 Å². The van der Waals surface area contributed by atoms with Gasteiger partial charge in [-0.2, -0.15) is 0 Å². The third kappa shape index (κ3) is 4.47. The predicted octanol–water partition coefficient (Wildman–Crippen LogP) is 3.13. The third-order valence-corrected chi connectivity index (χ3v) is 3.43. The van der Waals surface area contributed by atoms with Crippen LogP contribution in [0.4, 0.5) is 0 Å². The van der Waals surface area contributed by atoms with Crippen LogP contribution in [0.2, 0.25) is 10.0 Å². The molecule has 0 aliphatic carbocycles. The van der Waals surface area contributed by atoms with Crippen LogP contribution in [0.3, 0.4) is 0 Å². The van der Waals surface area contributed by atoms with E-state index in [9.17, 15) is 4.79 Å². The topological polar surface area (TPSA) is 38.3 Å². The van der Waals surface area contributed by atoms with Gasteiger partial charge in [0.1, 0.15) is 0 Å². The Morgan fingerprint density at radius 2 is 2.24 bits per heavy atom. The Hall–Kier alpha value is -0.290. The molecule has 1 unspecified atom stereocenters. The van der Waals surface area contributed by atoms with Crippen molar-refractivity contribution < 1.29 is 9.53 Å². The Morgan fingerprint density at radius 3 is 2.88 bits per heavy atom. The van der Waals surface area contributed by atoms with E-state index < -0.39 is 0 Å².